The van der Waals surface area contributed by atoms with E-state index >= 15 is 0 Å². The van der Waals surface area contributed by atoms with Crippen molar-refractivity contribution >= 4 is 15.8 Å². The van der Waals surface area contributed by atoms with Crippen molar-refractivity contribution in [2.24, 2.45) is 4.99 Å². The highest BCUT2D eigenvalue weighted by Crippen LogP contribution is 2.09. The first-order valence-electron chi connectivity index (χ1n) is 7.38. The van der Waals surface area contributed by atoms with Crippen LogP contribution >= 0.6 is 0 Å². The lowest BCUT2D eigenvalue weighted by molar-refractivity contribution is 0.204. The fraction of sp³-hybridized carbons (Fsp3) is 0.929. The number of likely N-dealkylation sites (N-methyl/N-ethyl adjacent to an activating group) is 1. The van der Waals surface area contributed by atoms with Crippen molar-refractivity contribution in [3.05, 3.63) is 0 Å². The van der Waals surface area contributed by atoms with Gasteiger partial charge < -0.3 is 15.5 Å². The fourth-order valence-electron chi connectivity index (χ4n) is 1.43. The summed E-state index contributed by atoms with van der Waals surface area (Å²) in [5, 5.41) is 6.45. The highest BCUT2D eigenvalue weighted by atomic mass is 32.2. The second-order valence-corrected chi connectivity index (χ2v) is 8.63. The maximum Gasteiger partial charge on any atom is 0.191 e. The minimum atomic E-state index is -2.92. The predicted molar refractivity (Wildman–Crippen MR) is 90.7 cm³/mol. The summed E-state index contributed by atoms with van der Waals surface area (Å²) in [5.41, 5.74) is -0.0294. The van der Waals surface area contributed by atoms with E-state index in [1.54, 1.807) is 0 Å². The SMILES string of the molecule is CCNC(=NCC(C)(C)N(C)C)NC(C)CCS(C)(=O)=O. The van der Waals surface area contributed by atoms with Gasteiger partial charge in [-0.25, -0.2) is 8.42 Å². The van der Waals surface area contributed by atoms with Crippen LogP contribution in [0.1, 0.15) is 34.1 Å². The van der Waals surface area contributed by atoms with Crippen LogP contribution in [0.3, 0.4) is 0 Å². The molecule has 0 fully saturated rings. The molecule has 7 heteroatoms. The molecular formula is C14H32N4O2S. The molecule has 0 amide bonds. The van der Waals surface area contributed by atoms with Gasteiger partial charge in [-0.3, -0.25) is 4.99 Å². The fourth-order valence-corrected chi connectivity index (χ4v) is 2.21. The summed E-state index contributed by atoms with van der Waals surface area (Å²) < 4.78 is 22.4. The first kappa shape index (κ1) is 20.2. The minimum absolute atomic E-state index is 0.0294. The van der Waals surface area contributed by atoms with Crippen molar-refractivity contribution in [1.82, 2.24) is 15.5 Å². The van der Waals surface area contributed by atoms with E-state index in [0.29, 0.717) is 13.0 Å². The predicted octanol–water partition coefficient (Wildman–Crippen LogP) is 0.705. The maximum atomic E-state index is 11.2. The van der Waals surface area contributed by atoms with Gasteiger partial charge in [-0.1, -0.05) is 0 Å². The van der Waals surface area contributed by atoms with E-state index in [1.807, 2.05) is 27.9 Å². The Labute approximate surface area is 130 Å². The highest BCUT2D eigenvalue weighted by molar-refractivity contribution is 7.90. The number of hydrogen-bond donors (Lipinski definition) is 2. The number of sulfone groups is 1. The molecule has 0 rings (SSSR count). The molecule has 0 aliphatic carbocycles. The van der Waals surface area contributed by atoms with E-state index in [2.05, 4.69) is 34.4 Å². The zero-order valence-corrected chi connectivity index (χ0v) is 15.3. The standard InChI is InChI=1S/C14H32N4O2S/c1-8-15-13(16-11-14(3,4)18(5)6)17-12(2)9-10-21(7,19)20/h12H,8-11H2,1-7H3,(H2,15,16,17). The van der Waals surface area contributed by atoms with Crippen molar-refractivity contribution in [1.29, 1.82) is 0 Å². The summed E-state index contributed by atoms with van der Waals surface area (Å²) >= 11 is 0. The molecule has 0 spiro atoms. The Hall–Kier alpha value is -0.820. The molecule has 0 heterocycles. The number of nitrogens with zero attached hydrogens (tertiary/aromatic N) is 2. The monoisotopic (exact) mass is 320 g/mol. The van der Waals surface area contributed by atoms with Gasteiger partial charge in [0.1, 0.15) is 9.84 Å². The third-order valence-corrected chi connectivity index (χ3v) is 4.46. The molecular weight excluding hydrogens is 288 g/mol. The van der Waals surface area contributed by atoms with E-state index in [4.69, 9.17) is 0 Å². The lowest BCUT2D eigenvalue weighted by atomic mass is 10.1. The molecule has 0 radical (unpaired) electrons. The highest BCUT2D eigenvalue weighted by Gasteiger charge is 2.20. The third-order valence-electron chi connectivity index (χ3n) is 3.48. The minimum Gasteiger partial charge on any atom is -0.357 e. The van der Waals surface area contributed by atoms with Crippen LogP contribution in [0.15, 0.2) is 4.99 Å². The van der Waals surface area contributed by atoms with E-state index in [1.165, 1.54) is 6.26 Å². The Balaban J connectivity index is 4.61. The number of rotatable bonds is 8. The van der Waals surface area contributed by atoms with Gasteiger partial charge in [-0.15, -0.1) is 0 Å². The van der Waals surface area contributed by atoms with Crippen molar-refractivity contribution in [2.75, 3.05) is 39.2 Å². The van der Waals surface area contributed by atoms with Crippen LogP contribution in [-0.2, 0) is 9.84 Å². The average Bonchev–Trinajstić information content (AvgIpc) is 2.33. The van der Waals surface area contributed by atoms with Gasteiger partial charge in [0.25, 0.3) is 0 Å². The molecule has 126 valence electrons. The molecule has 0 aromatic rings. The van der Waals surface area contributed by atoms with Gasteiger partial charge in [-0.2, -0.15) is 0 Å². The zero-order valence-electron chi connectivity index (χ0n) is 14.5. The van der Waals surface area contributed by atoms with Gasteiger partial charge in [0.2, 0.25) is 0 Å². The van der Waals surface area contributed by atoms with Crippen molar-refractivity contribution < 1.29 is 8.42 Å². The molecule has 0 aliphatic heterocycles. The summed E-state index contributed by atoms with van der Waals surface area (Å²) in [6.07, 6.45) is 1.83. The van der Waals surface area contributed by atoms with Crippen molar-refractivity contribution in [3.8, 4) is 0 Å². The van der Waals surface area contributed by atoms with Crippen LogP contribution in [0.2, 0.25) is 0 Å². The normalized spacial score (nSPS) is 15.1. The largest absolute Gasteiger partial charge is 0.357 e. The van der Waals surface area contributed by atoms with Crippen LogP contribution < -0.4 is 10.6 Å². The van der Waals surface area contributed by atoms with Gasteiger partial charge >= 0.3 is 0 Å². The second kappa shape index (κ2) is 8.58. The van der Waals surface area contributed by atoms with Crippen LogP contribution in [-0.4, -0.2) is 70.1 Å². The summed E-state index contributed by atoms with van der Waals surface area (Å²) in [6.45, 7) is 9.67. The average molecular weight is 321 g/mol. The summed E-state index contributed by atoms with van der Waals surface area (Å²) in [4.78, 5) is 6.73. The third kappa shape index (κ3) is 9.68. The Kier molecular flexibility index (Phi) is 8.25. The van der Waals surface area contributed by atoms with Gasteiger partial charge in [0.15, 0.2) is 5.96 Å². The second-order valence-electron chi connectivity index (χ2n) is 6.37. The van der Waals surface area contributed by atoms with Gasteiger partial charge in [0, 0.05) is 24.4 Å². The number of nitrogens with one attached hydrogen (secondary N) is 2. The number of guanidine groups is 1. The Morgan fingerprint density at radius 2 is 1.90 bits per heavy atom. The first-order valence-corrected chi connectivity index (χ1v) is 9.44. The Morgan fingerprint density at radius 3 is 2.33 bits per heavy atom. The molecule has 0 aromatic heterocycles. The molecule has 1 unspecified atom stereocenters. The van der Waals surface area contributed by atoms with E-state index in [-0.39, 0.29) is 17.3 Å². The lowest BCUT2D eigenvalue weighted by Crippen LogP contribution is -2.46. The van der Waals surface area contributed by atoms with Crippen molar-refractivity contribution in [3.63, 3.8) is 0 Å². The zero-order chi connectivity index (χ0) is 16.7. The lowest BCUT2D eigenvalue weighted by Gasteiger charge is -2.31. The van der Waals surface area contributed by atoms with Crippen LogP contribution in [0.5, 0.6) is 0 Å². The molecule has 1 atom stereocenters. The van der Waals surface area contributed by atoms with E-state index in [9.17, 15) is 8.42 Å². The molecule has 0 bridgehead atoms. The molecule has 0 saturated carbocycles. The topological polar surface area (TPSA) is 73.8 Å². The Morgan fingerprint density at radius 1 is 1.33 bits per heavy atom. The first-order chi connectivity index (χ1) is 9.48. The smallest absolute Gasteiger partial charge is 0.191 e. The molecule has 0 aliphatic rings. The Bertz CT molecular complexity index is 430. The van der Waals surface area contributed by atoms with Crippen LogP contribution in [0, 0.1) is 0 Å². The van der Waals surface area contributed by atoms with E-state index < -0.39 is 9.84 Å². The molecule has 0 aromatic carbocycles. The van der Waals surface area contributed by atoms with E-state index in [0.717, 1.165) is 12.5 Å². The van der Waals surface area contributed by atoms with Crippen molar-refractivity contribution in [2.45, 2.75) is 45.7 Å². The molecule has 0 saturated heterocycles. The van der Waals surface area contributed by atoms with Gasteiger partial charge in [0.05, 0.1) is 12.3 Å². The number of hydrogen-bond acceptors (Lipinski definition) is 4. The quantitative estimate of drug-likeness (QED) is 0.509. The molecule has 2 N–H and O–H groups in total. The van der Waals surface area contributed by atoms with Crippen LogP contribution in [0.4, 0.5) is 0 Å². The van der Waals surface area contributed by atoms with Crippen LogP contribution in [0.25, 0.3) is 0 Å². The molecule has 21 heavy (non-hydrogen) atoms. The maximum absolute atomic E-state index is 11.2. The summed E-state index contributed by atoms with van der Waals surface area (Å²) in [7, 11) is 1.14. The summed E-state index contributed by atoms with van der Waals surface area (Å²) in [5.74, 6) is 0.914. The molecule has 6 nitrogen and oxygen atoms in total. The number of aliphatic imine (C=N–C) groups is 1. The summed E-state index contributed by atoms with van der Waals surface area (Å²) in [6, 6.07) is 0.0555. The van der Waals surface area contributed by atoms with Gasteiger partial charge in [-0.05, 0) is 48.2 Å².